The molecule has 1 rings (SSSR count). The highest BCUT2D eigenvalue weighted by molar-refractivity contribution is 5.28. The summed E-state index contributed by atoms with van der Waals surface area (Å²) < 4.78 is 5.67. The number of aliphatic hydroxyl groups is 1. The average Bonchev–Trinajstić information content (AvgIpc) is 2.27. The summed E-state index contributed by atoms with van der Waals surface area (Å²) in [6.45, 7) is 9.32. The summed E-state index contributed by atoms with van der Waals surface area (Å²) in [4.78, 5) is 0. The Labute approximate surface area is 105 Å². The number of benzene rings is 1. The number of rotatable bonds is 5. The molecule has 2 heteroatoms. The lowest BCUT2D eigenvalue weighted by Gasteiger charge is -2.18. The quantitative estimate of drug-likeness (QED) is 0.839. The van der Waals surface area contributed by atoms with Crippen LogP contribution in [0.1, 0.15) is 52.2 Å². The van der Waals surface area contributed by atoms with Crippen molar-refractivity contribution in [2.24, 2.45) is 5.41 Å². The SMILES string of the molecule is CC[C@@H](O)c1ccc(OCCC(C)(C)C)cc1. The van der Waals surface area contributed by atoms with Crippen molar-refractivity contribution >= 4 is 0 Å². The van der Waals surface area contributed by atoms with Crippen molar-refractivity contribution in [3.05, 3.63) is 29.8 Å². The second-order valence-electron chi connectivity index (χ2n) is 5.65. The van der Waals surface area contributed by atoms with Gasteiger partial charge in [0.25, 0.3) is 0 Å². The molecule has 2 nitrogen and oxygen atoms in total. The Hall–Kier alpha value is -1.02. The van der Waals surface area contributed by atoms with Gasteiger partial charge >= 0.3 is 0 Å². The molecule has 0 saturated heterocycles. The molecule has 0 aromatic heterocycles. The molecule has 17 heavy (non-hydrogen) atoms. The van der Waals surface area contributed by atoms with Crippen LogP contribution in [-0.4, -0.2) is 11.7 Å². The molecule has 1 aromatic rings. The smallest absolute Gasteiger partial charge is 0.119 e. The van der Waals surface area contributed by atoms with Crippen LogP contribution in [0.5, 0.6) is 5.75 Å². The first-order valence-corrected chi connectivity index (χ1v) is 6.33. The largest absolute Gasteiger partial charge is 0.494 e. The third kappa shape index (κ3) is 5.22. The molecule has 0 fully saturated rings. The topological polar surface area (TPSA) is 29.5 Å². The van der Waals surface area contributed by atoms with E-state index in [9.17, 15) is 5.11 Å². The minimum absolute atomic E-state index is 0.304. The summed E-state index contributed by atoms with van der Waals surface area (Å²) in [6, 6.07) is 7.72. The van der Waals surface area contributed by atoms with Gasteiger partial charge in [0.2, 0.25) is 0 Å². The van der Waals surface area contributed by atoms with Gasteiger partial charge in [-0.25, -0.2) is 0 Å². The van der Waals surface area contributed by atoms with E-state index in [-0.39, 0.29) is 6.10 Å². The van der Waals surface area contributed by atoms with Crippen LogP contribution in [0, 0.1) is 5.41 Å². The van der Waals surface area contributed by atoms with Crippen LogP contribution < -0.4 is 4.74 Å². The van der Waals surface area contributed by atoms with Gasteiger partial charge in [-0.15, -0.1) is 0 Å². The summed E-state index contributed by atoms with van der Waals surface area (Å²) >= 11 is 0. The zero-order valence-corrected chi connectivity index (χ0v) is 11.4. The Kier molecular flexibility index (Phi) is 5.01. The van der Waals surface area contributed by atoms with Crippen LogP contribution in [0.15, 0.2) is 24.3 Å². The van der Waals surface area contributed by atoms with E-state index in [0.29, 0.717) is 5.41 Å². The molecule has 0 aliphatic rings. The molecule has 0 unspecified atom stereocenters. The van der Waals surface area contributed by atoms with Gasteiger partial charge in [-0.05, 0) is 36.0 Å². The zero-order chi connectivity index (χ0) is 12.9. The molecular weight excluding hydrogens is 212 g/mol. The first-order chi connectivity index (χ1) is 7.92. The Morgan fingerprint density at radius 3 is 2.24 bits per heavy atom. The van der Waals surface area contributed by atoms with Gasteiger partial charge in [0.05, 0.1) is 12.7 Å². The summed E-state index contributed by atoms with van der Waals surface area (Å²) in [5, 5.41) is 9.66. The Balaban J connectivity index is 2.46. The van der Waals surface area contributed by atoms with Crippen molar-refractivity contribution in [2.75, 3.05) is 6.61 Å². The maximum atomic E-state index is 9.66. The van der Waals surface area contributed by atoms with E-state index in [1.54, 1.807) is 0 Å². The average molecular weight is 236 g/mol. The molecule has 0 spiro atoms. The third-order valence-electron chi connectivity index (χ3n) is 2.77. The fourth-order valence-corrected chi connectivity index (χ4v) is 1.50. The predicted molar refractivity (Wildman–Crippen MR) is 71.3 cm³/mol. The molecule has 0 radical (unpaired) electrons. The number of ether oxygens (including phenoxy) is 1. The van der Waals surface area contributed by atoms with Crippen molar-refractivity contribution in [1.29, 1.82) is 0 Å². The van der Waals surface area contributed by atoms with Crippen LogP contribution in [-0.2, 0) is 0 Å². The van der Waals surface area contributed by atoms with Gasteiger partial charge in [-0.2, -0.15) is 0 Å². The van der Waals surface area contributed by atoms with Gasteiger partial charge in [0.15, 0.2) is 0 Å². The van der Waals surface area contributed by atoms with Crippen LogP contribution in [0.2, 0.25) is 0 Å². The van der Waals surface area contributed by atoms with E-state index < -0.39 is 0 Å². The van der Waals surface area contributed by atoms with E-state index in [1.165, 1.54) is 0 Å². The van der Waals surface area contributed by atoms with Gasteiger partial charge in [-0.1, -0.05) is 39.8 Å². The van der Waals surface area contributed by atoms with E-state index in [0.717, 1.165) is 30.8 Å². The fourth-order valence-electron chi connectivity index (χ4n) is 1.50. The maximum absolute atomic E-state index is 9.66. The Bertz CT molecular complexity index is 322. The minimum atomic E-state index is -0.362. The molecular formula is C15H24O2. The molecule has 1 aromatic carbocycles. The molecule has 0 aliphatic heterocycles. The number of hydrogen-bond donors (Lipinski definition) is 1. The summed E-state index contributed by atoms with van der Waals surface area (Å²) in [7, 11) is 0. The van der Waals surface area contributed by atoms with Gasteiger partial charge in [0.1, 0.15) is 5.75 Å². The van der Waals surface area contributed by atoms with E-state index in [4.69, 9.17) is 4.74 Å². The molecule has 0 aliphatic carbocycles. The van der Waals surface area contributed by atoms with Gasteiger partial charge < -0.3 is 9.84 Å². The molecule has 96 valence electrons. The van der Waals surface area contributed by atoms with Gasteiger partial charge in [-0.3, -0.25) is 0 Å². The van der Waals surface area contributed by atoms with Crippen LogP contribution in [0.3, 0.4) is 0 Å². The molecule has 0 amide bonds. The lowest BCUT2D eigenvalue weighted by molar-refractivity contribution is 0.173. The Morgan fingerprint density at radius 2 is 1.76 bits per heavy atom. The van der Waals surface area contributed by atoms with Crippen molar-refractivity contribution in [3.63, 3.8) is 0 Å². The van der Waals surface area contributed by atoms with Crippen LogP contribution in [0.25, 0.3) is 0 Å². The first-order valence-electron chi connectivity index (χ1n) is 6.33. The number of aliphatic hydroxyl groups excluding tert-OH is 1. The lowest BCUT2D eigenvalue weighted by atomic mass is 9.93. The Morgan fingerprint density at radius 1 is 1.18 bits per heavy atom. The predicted octanol–water partition coefficient (Wildman–Crippen LogP) is 3.95. The van der Waals surface area contributed by atoms with E-state index in [2.05, 4.69) is 20.8 Å². The molecule has 1 N–H and O–H groups in total. The summed E-state index contributed by atoms with van der Waals surface area (Å²) in [5.41, 5.74) is 1.26. The van der Waals surface area contributed by atoms with E-state index >= 15 is 0 Å². The van der Waals surface area contributed by atoms with Crippen LogP contribution in [0.4, 0.5) is 0 Å². The molecule has 0 heterocycles. The first kappa shape index (κ1) is 14.0. The monoisotopic (exact) mass is 236 g/mol. The van der Waals surface area contributed by atoms with Gasteiger partial charge in [0, 0.05) is 0 Å². The highest BCUT2D eigenvalue weighted by atomic mass is 16.5. The lowest BCUT2D eigenvalue weighted by Crippen LogP contribution is -2.11. The zero-order valence-electron chi connectivity index (χ0n) is 11.4. The van der Waals surface area contributed by atoms with Crippen molar-refractivity contribution in [3.8, 4) is 5.75 Å². The summed E-state index contributed by atoms with van der Waals surface area (Å²) in [6.07, 6.45) is 1.41. The maximum Gasteiger partial charge on any atom is 0.119 e. The number of hydrogen-bond acceptors (Lipinski definition) is 2. The van der Waals surface area contributed by atoms with Crippen molar-refractivity contribution in [2.45, 2.75) is 46.6 Å². The van der Waals surface area contributed by atoms with Crippen molar-refractivity contribution in [1.82, 2.24) is 0 Å². The minimum Gasteiger partial charge on any atom is -0.494 e. The standard InChI is InChI=1S/C15H24O2/c1-5-14(16)12-6-8-13(9-7-12)17-11-10-15(2,3)4/h6-9,14,16H,5,10-11H2,1-4H3/t14-/m1/s1. The molecule has 0 saturated carbocycles. The normalized spacial score (nSPS) is 13.5. The second-order valence-corrected chi connectivity index (χ2v) is 5.65. The highest BCUT2D eigenvalue weighted by Crippen LogP contribution is 2.22. The van der Waals surface area contributed by atoms with Crippen molar-refractivity contribution < 1.29 is 9.84 Å². The molecule has 1 atom stereocenters. The second kappa shape index (κ2) is 6.06. The summed E-state index contributed by atoms with van der Waals surface area (Å²) in [5.74, 6) is 0.876. The van der Waals surface area contributed by atoms with E-state index in [1.807, 2.05) is 31.2 Å². The fraction of sp³-hybridized carbons (Fsp3) is 0.600. The highest BCUT2D eigenvalue weighted by Gasteiger charge is 2.10. The third-order valence-corrected chi connectivity index (χ3v) is 2.77. The molecule has 0 bridgehead atoms. The van der Waals surface area contributed by atoms with Crippen LogP contribution >= 0.6 is 0 Å².